The van der Waals surface area contributed by atoms with Crippen LogP contribution in [0, 0.1) is 5.41 Å². The smallest absolute Gasteiger partial charge is 0.325 e. The average Bonchev–Trinajstić information content (AvgIpc) is 3.12. The molecule has 0 atom stereocenters. The number of nitrogens with one attached hydrogen (secondary N) is 1. The van der Waals surface area contributed by atoms with Gasteiger partial charge in [-0.1, -0.05) is 12.8 Å². The van der Waals surface area contributed by atoms with E-state index in [4.69, 9.17) is 0 Å². The molecular weight excluding hydrogens is 351 g/mol. The molecule has 0 bridgehead atoms. The molecule has 140 valence electrons. The van der Waals surface area contributed by atoms with E-state index in [0.717, 1.165) is 36.1 Å². The zero-order valence-corrected chi connectivity index (χ0v) is 13.9. The Balaban J connectivity index is 1.54. The Morgan fingerprint density at radius 1 is 1.23 bits per heavy atom. The van der Waals surface area contributed by atoms with Gasteiger partial charge in [-0.3, -0.25) is 19.3 Å². The first kappa shape index (κ1) is 18.3. The number of rotatable bonds is 4. The first-order valence-electron chi connectivity index (χ1n) is 8.39. The van der Waals surface area contributed by atoms with Crippen LogP contribution in [0.1, 0.15) is 44.2 Å². The van der Waals surface area contributed by atoms with Gasteiger partial charge in [0.1, 0.15) is 5.69 Å². The number of carbonyl (C=O) groups is 3. The third kappa shape index (κ3) is 3.56. The van der Waals surface area contributed by atoms with Gasteiger partial charge in [0.05, 0.1) is 17.3 Å². The minimum absolute atomic E-state index is 0.0285. The molecule has 1 saturated heterocycles. The maximum Gasteiger partial charge on any atom is 0.433 e. The number of imide groups is 1. The predicted molar refractivity (Wildman–Crippen MR) is 84.7 cm³/mol. The molecule has 1 aliphatic heterocycles. The lowest BCUT2D eigenvalue weighted by Gasteiger charge is -2.20. The molecule has 0 unspecified atom stereocenters. The topological polar surface area (TPSA) is 79.4 Å². The number of alkyl halides is 3. The average molecular weight is 369 g/mol. The summed E-state index contributed by atoms with van der Waals surface area (Å²) in [6, 6.07) is 1.88. The highest BCUT2D eigenvalue weighted by Gasteiger charge is 2.52. The van der Waals surface area contributed by atoms with E-state index in [0.29, 0.717) is 12.8 Å². The van der Waals surface area contributed by atoms with Crippen molar-refractivity contribution in [2.45, 2.75) is 44.7 Å². The molecule has 0 aromatic carbocycles. The summed E-state index contributed by atoms with van der Waals surface area (Å²) in [5.74, 6) is -0.968. The van der Waals surface area contributed by atoms with Crippen molar-refractivity contribution < 1.29 is 27.6 Å². The van der Waals surface area contributed by atoms with Gasteiger partial charge in [0.2, 0.25) is 17.7 Å². The molecule has 2 fully saturated rings. The molecule has 0 radical (unpaired) electrons. The summed E-state index contributed by atoms with van der Waals surface area (Å²) in [7, 11) is 0. The van der Waals surface area contributed by atoms with Gasteiger partial charge in [0.15, 0.2) is 0 Å². The Morgan fingerprint density at radius 3 is 2.50 bits per heavy atom. The molecular formula is C17H18F3N3O3. The van der Waals surface area contributed by atoms with Crippen molar-refractivity contribution in [2.24, 2.45) is 5.41 Å². The zero-order valence-electron chi connectivity index (χ0n) is 13.9. The largest absolute Gasteiger partial charge is 0.433 e. The van der Waals surface area contributed by atoms with Crippen molar-refractivity contribution in [3.05, 3.63) is 24.0 Å². The molecule has 2 heterocycles. The van der Waals surface area contributed by atoms with E-state index in [1.165, 1.54) is 0 Å². The fourth-order valence-corrected chi connectivity index (χ4v) is 3.60. The summed E-state index contributed by atoms with van der Waals surface area (Å²) in [5, 5.41) is 2.42. The number of hydrogen-bond donors (Lipinski definition) is 1. The second kappa shape index (κ2) is 6.69. The Labute approximate surface area is 147 Å². The number of nitrogens with zero attached hydrogens (tertiary/aromatic N) is 2. The molecule has 1 aromatic heterocycles. The quantitative estimate of drug-likeness (QED) is 0.828. The summed E-state index contributed by atoms with van der Waals surface area (Å²) in [5.41, 5.74) is -1.51. The monoisotopic (exact) mass is 369 g/mol. The van der Waals surface area contributed by atoms with Crippen molar-refractivity contribution in [2.75, 3.05) is 11.9 Å². The molecule has 1 N–H and O–H groups in total. The minimum Gasteiger partial charge on any atom is -0.325 e. The van der Waals surface area contributed by atoms with Gasteiger partial charge < -0.3 is 5.32 Å². The van der Waals surface area contributed by atoms with Crippen LogP contribution >= 0.6 is 0 Å². The molecule has 1 saturated carbocycles. The van der Waals surface area contributed by atoms with Gasteiger partial charge in [-0.25, -0.2) is 4.98 Å². The minimum atomic E-state index is -4.55. The molecule has 2 aliphatic rings. The van der Waals surface area contributed by atoms with E-state index in [-0.39, 0.29) is 36.9 Å². The van der Waals surface area contributed by atoms with E-state index in [1.807, 2.05) is 0 Å². The standard InChI is InChI=1S/C17H18F3N3O3/c18-17(19,20)12-4-3-11(10-21-12)22-13(24)5-8-23-14(25)9-16(15(23)26)6-1-2-7-16/h3-4,10H,1-2,5-9H2,(H,22,24). The molecule has 6 nitrogen and oxygen atoms in total. The molecule has 3 rings (SSSR count). The van der Waals surface area contributed by atoms with Crippen LogP contribution in [0.3, 0.4) is 0 Å². The summed E-state index contributed by atoms with van der Waals surface area (Å²) >= 11 is 0. The molecule has 1 aromatic rings. The van der Waals surface area contributed by atoms with Gasteiger partial charge in [0, 0.05) is 19.4 Å². The summed E-state index contributed by atoms with van der Waals surface area (Å²) in [4.78, 5) is 41.0. The maximum atomic E-state index is 12.5. The van der Waals surface area contributed by atoms with Crippen molar-refractivity contribution >= 4 is 23.4 Å². The predicted octanol–water partition coefficient (Wildman–Crippen LogP) is 2.75. The highest BCUT2D eigenvalue weighted by atomic mass is 19.4. The van der Waals surface area contributed by atoms with Crippen LogP contribution in [-0.2, 0) is 20.6 Å². The molecule has 3 amide bonds. The number of amides is 3. The van der Waals surface area contributed by atoms with Crippen molar-refractivity contribution in [3.63, 3.8) is 0 Å². The number of halogens is 3. The van der Waals surface area contributed by atoms with Crippen LogP contribution < -0.4 is 5.32 Å². The van der Waals surface area contributed by atoms with Crippen LogP contribution in [0.25, 0.3) is 0 Å². The van der Waals surface area contributed by atoms with Gasteiger partial charge in [-0.15, -0.1) is 0 Å². The van der Waals surface area contributed by atoms with Gasteiger partial charge >= 0.3 is 6.18 Å². The summed E-state index contributed by atoms with van der Waals surface area (Å²) < 4.78 is 37.4. The molecule has 1 aliphatic carbocycles. The van der Waals surface area contributed by atoms with Gasteiger partial charge in [0.25, 0.3) is 0 Å². The third-order valence-corrected chi connectivity index (χ3v) is 4.95. The van der Waals surface area contributed by atoms with Crippen molar-refractivity contribution in [1.29, 1.82) is 0 Å². The maximum absolute atomic E-state index is 12.5. The Morgan fingerprint density at radius 2 is 1.92 bits per heavy atom. The fraction of sp³-hybridized carbons (Fsp3) is 0.529. The Kier molecular flexibility index (Phi) is 4.72. The van der Waals surface area contributed by atoms with E-state index in [2.05, 4.69) is 10.3 Å². The number of anilines is 1. The molecule has 1 spiro atoms. The van der Waals surface area contributed by atoms with Crippen molar-refractivity contribution in [3.8, 4) is 0 Å². The number of pyridine rings is 1. The highest BCUT2D eigenvalue weighted by Crippen LogP contribution is 2.46. The first-order chi connectivity index (χ1) is 12.2. The van der Waals surface area contributed by atoms with Crippen LogP contribution in [0.5, 0.6) is 0 Å². The second-order valence-electron chi connectivity index (χ2n) is 6.74. The number of aromatic nitrogens is 1. The van der Waals surface area contributed by atoms with Crippen molar-refractivity contribution in [1.82, 2.24) is 9.88 Å². The summed E-state index contributed by atoms with van der Waals surface area (Å²) in [6.07, 6.45) is -0.280. The van der Waals surface area contributed by atoms with Crippen LogP contribution in [0.15, 0.2) is 18.3 Å². The van der Waals surface area contributed by atoms with E-state index in [1.54, 1.807) is 0 Å². The van der Waals surface area contributed by atoms with E-state index < -0.39 is 23.2 Å². The Bertz CT molecular complexity index is 725. The van der Waals surface area contributed by atoms with Gasteiger partial charge in [-0.2, -0.15) is 13.2 Å². The second-order valence-corrected chi connectivity index (χ2v) is 6.74. The van der Waals surface area contributed by atoms with Crippen LogP contribution in [0.2, 0.25) is 0 Å². The number of hydrogen-bond acceptors (Lipinski definition) is 4. The number of likely N-dealkylation sites (tertiary alicyclic amines) is 1. The SMILES string of the molecule is O=C(CCN1C(=O)CC2(CCCC2)C1=O)Nc1ccc(C(F)(F)F)nc1. The van der Waals surface area contributed by atoms with Crippen LogP contribution in [-0.4, -0.2) is 34.2 Å². The Hall–Kier alpha value is -2.45. The lowest BCUT2D eigenvalue weighted by atomic mass is 9.84. The fourth-order valence-electron chi connectivity index (χ4n) is 3.60. The van der Waals surface area contributed by atoms with Gasteiger partial charge in [-0.05, 0) is 25.0 Å². The third-order valence-electron chi connectivity index (χ3n) is 4.95. The normalized spacial score (nSPS) is 19.4. The highest BCUT2D eigenvalue weighted by molar-refractivity contribution is 6.06. The summed E-state index contributed by atoms with van der Waals surface area (Å²) in [6.45, 7) is -0.0285. The lowest BCUT2D eigenvalue weighted by molar-refractivity contribution is -0.142. The number of carbonyl (C=O) groups excluding carboxylic acids is 3. The van der Waals surface area contributed by atoms with E-state index in [9.17, 15) is 27.6 Å². The zero-order chi connectivity index (χ0) is 18.9. The van der Waals surface area contributed by atoms with E-state index >= 15 is 0 Å². The lowest BCUT2D eigenvalue weighted by Crippen LogP contribution is -2.36. The molecule has 9 heteroatoms. The first-order valence-corrected chi connectivity index (χ1v) is 8.39. The molecule has 26 heavy (non-hydrogen) atoms. The van der Waals surface area contributed by atoms with Crippen LogP contribution in [0.4, 0.5) is 18.9 Å².